The molecule has 0 amide bonds. The maximum atomic E-state index is 5.74. The third-order valence-corrected chi connectivity index (χ3v) is 2.49. The molecular weight excluding hydrogens is 248 g/mol. The molecule has 0 aliphatic rings. The standard InChI is InChI=1S/C13H12N2O2S/c1-16-9-5-2-3-6-10(9)17-11-7-4-8-15-12(11)13(14)18/h2-8H,1H3,(H2,14,18). The fraction of sp³-hybridized carbons (Fsp3) is 0.0769. The lowest BCUT2D eigenvalue weighted by Gasteiger charge is -2.11. The lowest BCUT2D eigenvalue weighted by atomic mass is 10.3. The van der Waals surface area contributed by atoms with E-state index in [0.29, 0.717) is 22.9 Å². The van der Waals surface area contributed by atoms with E-state index < -0.39 is 0 Å². The molecule has 0 radical (unpaired) electrons. The van der Waals surface area contributed by atoms with Gasteiger partial charge in [-0.2, -0.15) is 0 Å². The third kappa shape index (κ3) is 2.57. The van der Waals surface area contributed by atoms with Gasteiger partial charge in [-0.3, -0.25) is 0 Å². The summed E-state index contributed by atoms with van der Waals surface area (Å²) < 4.78 is 10.9. The van der Waals surface area contributed by atoms with Crippen molar-refractivity contribution in [1.29, 1.82) is 0 Å². The quantitative estimate of drug-likeness (QED) is 0.856. The Balaban J connectivity index is 2.37. The summed E-state index contributed by atoms with van der Waals surface area (Å²) >= 11 is 4.93. The summed E-state index contributed by atoms with van der Waals surface area (Å²) in [6.45, 7) is 0. The fourth-order valence-electron chi connectivity index (χ4n) is 1.48. The Labute approximate surface area is 110 Å². The van der Waals surface area contributed by atoms with Gasteiger partial charge in [-0.15, -0.1) is 0 Å². The van der Waals surface area contributed by atoms with Crippen LogP contribution in [0.1, 0.15) is 5.69 Å². The number of benzene rings is 1. The molecule has 0 saturated heterocycles. The minimum absolute atomic E-state index is 0.195. The maximum Gasteiger partial charge on any atom is 0.169 e. The van der Waals surface area contributed by atoms with Gasteiger partial charge in [0.2, 0.25) is 0 Å². The zero-order chi connectivity index (χ0) is 13.0. The van der Waals surface area contributed by atoms with Gasteiger partial charge < -0.3 is 15.2 Å². The Morgan fingerprint density at radius 1 is 1.11 bits per heavy atom. The molecule has 1 heterocycles. The molecule has 2 aromatic rings. The number of thiocarbonyl (C=S) groups is 1. The summed E-state index contributed by atoms with van der Waals surface area (Å²) in [5.41, 5.74) is 6.05. The largest absolute Gasteiger partial charge is 0.493 e. The first kappa shape index (κ1) is 12.3. The molecule has 0 atom stereocenters. The van der Waals surface area contributed by atoms with Gasteiger partial charge >= 0.3 is 0 Å². The number of nitrogens with zero attached hydrogens (tertiary/aromatic N) is 1. The van der Waals surface area contributed by atoms with Crippen LogP contribution in [0.15, 0.2) is 42.6 Å². The van der Waals surface area contributed by atoms with E-state index in [4.69, 9.17) is 27.4 Å². The van der Waals surface area contributed by atoms with Gasteiger partial charge in [0, 0.05) is 6.20 Å². The molecule has 0 spiro atoms. The topological polar surface area (TPSA) is 57.4 Å². The van der Waals surface area contributed by atoms with Crippen LogP contribution in [-0.2, 0) is 0 Å². The second-order valence-electron chi connectivity index (χ2n) is 3.47. The number of pyridine rings is 1. The first-order valence-electron chi connectivity index (χ1n) is 5.28. The van der Waals surface area contributed by atoms with E-state index in [2.05, 4.69) is 4.98 Å². The zero-order valence-corrected chi connectivity index (χ0v) is 10.6. The predicted octanol–water partition coefficient (Wildman–Crippen LogP) is 2.52. The number of ether oxygens (including phenoxy) is 2. The van der Waals surface area contributed by atoms with Crippen LogP contribution in [0.4, 0.5) is 0 Å². The average molecular weight is 260 g/mol. The number of methoxy groups -OCH3 is 1. The molecule has 2 N–H and O–H groups in total. The lowest BCUT2D eigenvalue weighted by molar-refractivity contribution is 0.378. The van der Waals surface area contributed by atoms with Gasteiger partial charge in [-0.1, -0.05) is 24.4 Å². The molecule has 0 aliphatic carbocycles. The monoisotopic (exact) mass is 260 g/mol. The van der Waals surface area contributed by atoms with E-state index in [0.717, 1.165) is 0 Å². The van der Waals surface area contributed by atoms with Gasteiger partial charge in [0.15, 0.2) is 17.2 Å². The van der Waals surface area contributed by atoms with Crippen LogP contribution in [0, 0.1) is 0 Å². The normalized spacial score (nSPS) is 9.83. The second-order valence-corrected chi connectivity index (χ2v) is 3.91. The molecule has 2 rings (SSSR count). The summed E-state index contributed by atoms with van der Waals surface area (Å²) in [6.07, 6.45) is 1.61. The minimum atomic E-state index is 0.195. The molecule has 0 fully saturated rings. The van der Waals surface area contributed by atoms with E-state index in [1.54, 1.807) is 31.5 Å². The van der Waals surface area contributed by atoms with Crippen molar-refractivity contribution in [2.45, 2.75) is 0 Å². The Morgan fingerprint density at radius 2 is 1.78 bits per heavy atom. The highest BCUT2D eigenvalue weighted by Gasteiger charge is 2.10. The molecule has 0 bridgehead atoms. The SMILES string of the molecule is COc1ccccc1Oc1cccnc1C(N)=S. The fourth-order valence-corrected chi connectivity index (χ4v) is 1.63. The van der Waals surface area contributed by atoms with Crippen LogP contribution in [0.3, 0.4) is 0 Å². The van der Waals surface area contributed by atoms with Crippen molar-refractivity contribution in [3.8, 4) is 17.2 Å². The number of aromatic nitrogens is 1. The van der Waals surface area contributed by atoms with Crippen LogP contribution in [0.2, 0.25) is 0 Å². The number of nitrogens with two attached hydrogens (primary N) is 1. The Kier molecular flexibility index (Phi) is 3.74. The summed E-state index contributed by atoms with van der Waals surface area (Å²) in [4.78, 5) is 4.29. The van der Waals surface area contributed by atoms with Crippen molar-refractivity contribution in [1.82, 2.24) is 4.98 Å². The molecule has 0 saturated carbocycles. The van der Waals surface area contributed by atoms with E-state index in [1.165, 1.54) is 0 Å². The van der Waals surface area contributed by atoms with Crippen molar-refractivity contribution >= 4 is 17.2 Å². The van der Waals surface area contributed by atoms with Gasteiger partial charge in [-0.05, 0) is 24.3 Å². The van der Waals surface area contributed by atoms with Crippen LogP contribution in [0.25, 0.3) is 0 Å². The number of hydrogen-bond acceptors (Lipinski definition) is 4. The van der Waals surface area contributed by atoms with Crippen LogP contribution in [-0.4, -0.2) is 17.1 Å². The number of hydrogen-bond donors (Lipinski definition) is 1. The highest BCUT2D eigenvalue weighted by atomic mass is 32.1. The van der Waals surface area contributed by atoms with E-state index >= 15 is 0 Å². The predicted molar refractivity (Wildman–Crippen MR) is 73.2 cm³/mol. The first-order valence-corrected chi connectivity index (χ1v) is 5.69. The highest BCUT2D eigenvalue weighted by molar-refractivity contribution is 7.80. The molecule has 92 valence electrons. The zero-order valence-electron chi connectivity index (χ0n) is 9.79. The Morgan fingerprint density at radius 3 is 2.44 bits per heavy atom. The summed E-state index contributed by atoms with van der Waals surface area (Å²) in [5.74, 6) is 1.73. The summed E-state index contributed by atoms with van der Waals surface area (Å²) in [7, 11) is 1.58. The van der Waals surface area contributed by atoms with E-state index in [1.807, 2.05) is 18.2 Å². The lowest BCUT2D eigenvalue weighted by Crippen LogP contribution is -2.12. The summed E-state index contributed by atoms with van der Waals surface area (Å²) in [5, 5.41) is 0. The van der Waals surface area contributed by atoms with Gasteiger partial charge in [0.1, 0.15) is 10.7 Å². The van der Waals surface area contributed by atoms with Crippen molar-refractivity contribution < 1.29 is 9.47 Å². The molecular formula is C13H12N2O2S. The van der Waals surface area contributed by atoms with Crippen molar-refractivity contribution in [3.63, 3.8) is 0 Å². The molecule has 4 nitrogen and oxygen atoms in total. The van der Waals surface area contributed by atoms with Gasteiger partial charge in [0.25, 0.3) is 0 Å². The molecule has 0 unspecified atom stereocenters. The Bertz CT molecular complexity index is 572. The van der Waals surface area contributed by atoms with E-state index in [9.17, 15) is 0 Å². The van der Waals surface area contributed by atoms with Crippen molar-refractivity contribution in [3.05, 3.63) is 48.3 Å². The van der Waals surface area contributed by atoms with E-state index in [-0.39, 0.29) is 4.99 Å². The van der Waals surface area contributed by atoms with Gasteiger partial charge in [0.05, 0.1) is 7.11 Å². The average Bonchev–Trinajstić information content (AvgIpc) is 2.40. The smallest absolute Gasteiger partial charge is 0.169 e. The van der Waals surface area contributed by atoms with Crippen LogP contribution >= 0.6 is 12.2 Å². The van der Waals surface area contributed by atoms with Crippen LogP contribution in [0.5, 0.6) is 17.2 Å². The number of para-hydroxylation sites is 2. The molecule has 0 aliphatic heterocycles. The number of rotatable bonds is 4. The third-order valence-electron chi connectivity index (χ3n) is 2.29. The molecule has 5 heteroatoms. The van der Waals surface area contributed by atoms with Crippen LogP contribution < -0.4 is 15.2 Å². The molecule has 1 aromatic heterocycles. The minimum Gasteiger partial charge on any atom is -0.493 e. The summed E-state index contributed by atoms with van der Waals surface area (Å²) in [6, 6.07) is 10.8. The first-order chi connectivity index (χ1) is 8.72. The van der Waals surface area contributed by atoms with Crippen molar-refractivity contribution in [2.24, 2.45) is 5.73 Å². The van der Waals surface area contributed by atoms with Crippen molar-refractivity contribution in [2.75, 3.05) is 7.11 Å². The highest BCUT2D eigenvalue weighted by Crippen LogP contribution is 2.31. The second kappa shape index (κ2) is 5.46. The van der Waals surface area contributed by atoms with Gasteiger partial charge in [-0.25, -0.2) is 4.98 Å². The molecule has 18 heavy (non-hydrogen) atoms. The molecule has 1 aromatic carbocycles. The Hall–Kier alpha value is -2.14. The maximum absolute atomic E-state index is 5.74.